The van der Waals surface area contributed by atoms with Crippen molar-refractivity contribution in [3.8, 4) is 11.4 Å². The Morgan fingerprint density at radius 2 is 1.83 bits per heavy atom. The van der Waals surface area contributed by atoms with Crippen LogP contribution in [0.25, 0.3) is 5.69 Å². The zero-order valence-corrected chi connectivity index (χ0v) is 20.3. The van der Waals surface area contributed by atoms with Gasteiger partial charge in [0.15, 0.2) is 15.6 Å². The highest BCUT2D eigenvalue weighted by molar-refractivity contribution is 7.90. The molecule has 0 fully saturated rings. The van der Waals surface area contributed by atoms with Crippen LogP contribution in [0.4, 0.5) is 18.9 Å². The van der Waals surface area contributed by atoms with Crippen LogP contribution >= 0.6 is 0 Å². The summed E-state index contributed by atoms with van der Waals surface area (Å²) < 4.78 is 69.3. The Labute approximate surface area is 201 Å². The van der Waals surface area contributed by atoms with E-state index < -0.39 is 40.0 Å². The van der Waals surface area contributed by atoms with Crippen LogP contribution < -0.4 is 10.1 Å². The number of alkyl halides is 2. The molecule has 1 amide bonds. The molecule has 0 spiro atoms. The second kappa shape index (κ2) is 10.1. The molecule has 0 aliphatic heterocycles. The topological polar surface area (TPSA) is 97.6 Å². The van der Waals surface area contributed by atoms with Crippen molar-refractivity contribution in [1.82, 2.24) is 4.57 Å². The van der Waals surface area contributed by atoms with Gasteiger partial charge < -0.3 is 19.7 Å². The van der Waals surface area contributed by atoms with E-state index in [1.165, 1.54) is 41.8 Å². The first-order valence-corrected chi connectivity index (χ1v) is 12.4. The maximum absolute atomic E-state index is 13.8. The molecule has 3 aromatic rings. The number of hydrogen-bond donors (Lipinski definition) is 2. The van der Waals surface area contributed by atoms with Gasteiger partial charge in [0.05, 0.1) is 22.3 Å². The van der Waals surface area contributed by atoms with Crippen molar-refractivity contribution in [2.45, 2.75) is 44.8 Å². The van der Waals surface area contributed by atoms with Crippen LogP contribution in [0, 0.1) is 19.7 Å². The maximum Gasteiger partial charge on any atom is 0.387 e. The summed E-state index contributed by atoms with van der Waals surface area (Å²) in [5.74, 6) is -1.75. The molecule has 2 aromatic carbocycles. The van der Waals surface area contributed by atoms with Gasteiger partial charge in [0.1, 0.15) is 5.82 Å². The van der Waals surface area contributed by atoms with Gasteiger partial charge in [-0.3, -0.25) is 4.79 Å². The molecule has 0 saturated carbocycles. The number of nitrogens with zero attached hydrogens (tertiary/aromatic N) is 1. The molecule has 1 unspecified atom stereocenters. The maximum atomic E-state index is 13.8. The van der Waals surface area contributed by atoms with Crippen molar-refractivity contribution in [2.75, 3.05) is 11.6 Å². The predicted molar refractivity (Wildman–Crippen MR) is 125 cm³/mol. The number of hydrogen-bond acceptors (Lipinski definition) is 5. The first kappa shape index (κ1) is 26.3. The SMILES string of the molecule is Cc1cc(NC(=O)c2cc(CC(C)O)n(-c3ccc(F)cc3OC(F)F)c2C)ccc1S(C)(=O)=O. The van der Waals surface area contributed by atoms with Gasteiger partial charge in [-0.25, -0.2) is 12.8 Å². The molecule has 1 aromatic heterocycles. The van der Waals surface area contributed by atoms with Crippen molar-refractivity contribution in [3.05, 3.63) is 70.8 Å². The normalized spacial score (nSPS) is 12.6. The van der Waals surface area contributed by atoms with Crippen LogP contribution in [0.15, 0.2) is 47.4 Å². The molecular weight excluding hydrogens is 485 g/mol. The summed E-state index contributed by atoms with van der Waals surface area (Å²) in [7, 11) is -3.43. The van der Waals surface area contributed by atoms with Crippen LogP contribution in [0.1, 0.15) is 34.2 Å². The van der Waals surface area contributed by atoms with Gasteiger partial charge in [-0.05, 0) is 62.7 Å². The highest BCUT2D eigenvalue weighted by Gasteiger charge is 2.23. The smallest absolute Gasteiger partial charge is 0.387 e. The Morgan fingerprint density at radius 3 is 2.40 bits per heavy atom. The van der Waals surface area contributed by atoms with Gasteiger partial charge >= 0.3 is 6.61 Å². The molecule has 7 nitrogen and oxygen atoms in total. The van der Waals surface area contributed by atoms with E-state index in [9.17, 15) is 31.5 Å². The number of amides is 1. The average molecular weight is 511 g/mol. The summed E-state index contributed by atoms with van der Waals surface area (Å²) in [5.41, 5.74) is 1.82. The first-order chi connectivity index (χ1) is 16.3. The number of carbonyl (C=O) groups excluding carboxylic acids is 1. The fraction of sp³-hybridized carbons (Fsp3) is 0.292. The highest BCUT2D eigenvalue weighted by Crippen LogP contribution is 2.31. The number of aryl methyl sites for hydroxylation is 1. The predicted octanol–water partition coefficient (Wildman–Crippen LogP) is 4.41. The Bertz CT molecular complexity index is 1370. The number of aliphatic hydroxyl groups is 1. The zero-order valence-electron chi connectivity index (χ0n) is 19.5. The number of ether oxygens (including phenoxy) is 1. The third-order valence-corrected chi connectivity index (χ3v) is 6.54. The second-order valence-electron chi connectivity index (χ2n) is 8.22. The van der Waals surface area contributed by atoms with Gasteiger partial charge in [0.25, 0.3) is 5.91 Å². The molecular formula is C24H25F3N2O5S. The minimum atomic E-state index is -3.43. The molecule has 2 N–H and O–H groups in total. The Kier molecular flexibility index (Phi) is 7.61. The third kappa shape index (κ3) is 6.04. The van der Waals surface area contributed by atoms with Crippen molar-refractivity contribution in [2.24, 2.45) is 0 Å². The monoisotopic (exact) mass is 510 g/mol. The first-order valence-electron chi connectivity index (χ1n) is 10.5. The van der Waals surface area contributed by atoms with E-state index in [1.54, 1.807) is 13.8 Å². The van der Waals surface area contributed by atoms with Crippen LogP contribution in [0.2, 0.25) is 0 Å². The molecule has 0 aliphatic carbocycles. The van der Waals surface area contributed by atoms with Gasteiger partial charge in [-0.2, -0.15) is 8.78 Å². The van der Waals surface area contributed by atoms with E-state index in [4.69, 9.17) is 0 Å². The van der Waals surface area contributed by atoms with E-state index in [0.29, 0.717) is 22.6 Å². The lowest BCUT2D eigenvalue weighted by atomic mass is 10.1. The van der Waals surface area contributed by atoms with E-state index in [-0.39, 0.29) is 22.6 Å². The standard InChI is InChI=1S/C24H25F3N2O5S/c1-13-9-17(6-8-22(13)35(4,32)33)28-23(31)19-12-18(10-14(2)30)29(15(19)3)20-7-5-16(25)11-21(20)34-24(26)27/h5-9,11-12,14,24,30H,10H2,1-4H3,(H,28,31). The largest absolute Gasteiger partial charge is 0.432 e. The molecule has 35 heavy (non-hydrogen) atoms. The Morgan fingerprint density at radius 1 is 1.14 bits per heavy atom. The van der Waals surface area contributed by atoms with E-state index in [2.05, 4.69) is 10.1 Å². The summed E-state index contributed by atoms with van der Waals surface area (Å²) in [4.78, 5) is 13.2. The number of carbonyl (C=O) groups is 1. The Balaban J connectivity index is 2.06. The van der Waals surface area contributed by atoms with E-state index in [0.717, 1.165) is 18.4 Å². The lowest BCUT2D eigenvalue weighted by molar-refractivity contribution is -0.0500. The number of halogens is 3. The zero-order chi connectivity index (χ0) is 26.1. The molecule has 1 atom stereocenters. The average Bonchev–Trinajstić information content (AvgIpc) is 3.02. The van der Waals surface area contributed by atoms with Gasteiger partial charge in [-0.1, -0.05) is 0 Å². The quantitative estimate of drug-likeness (QED) is 0.468. The van der Waals surface area contributed by atoms with Crippen LogP contribution in [0.5, 0.6) is 5.75 Å². The Hall–Kier alpha value is -3.31. The lowest BCUT2D eigenvalue weighted by Gasteiger charge is -2.17. The summed E-state index contributed by atoms with van der Waals surface area (Å²) >= 11 is 0. The number of aliphatic hydroxyl groups excluding tert-OH is 1. The van der Waals surface area contributed by atoms with Gasteiger partial charge in [-0.15, -0.1) is 0 Å². The third-order valence-electron chi connectivity index (χ3n) is 5.28. The number of rotatable bonds is 8. The van der Waals surface area contributed by atoms with E-state index in [1.807, 2.05) is 0 Å². The molecule has 188 valence electrons. The summed E-state index contributed by atoms with van der Waals surface area (Å²) in [6.45, 7) is 1.51. The summed E-state index contributed by atoms with van der Waals surface area (Å²) in [6.07, 6.45) is 0.331. The molecule has 3 rings (SSSR count). The number of benzene rings is 2. The number of sulfone groups is 1. The molecule has 0 saturated heterocycles. The molecule has 11 heteroatoms. The van der Waals surface area contributed by atoms with Crippen molar-refractivity contribution < 1.29 is 36.2 Å². The van der Waals surface area contributed by atoms with Crippen LogP contribution in [-0.4, -0.2) is 43.0 Å². The number of nitrogens with one attached hydrogen (secondary N) is 1. The van der Waals surface area contributed by atoms with Gasteiger partial charge in [0, 0.05) is 35.8 Å². The molecule has 0 bridgehead atoms. The van der Waals surface area contributed by atoms with Crippen molar-refractivity contribution >= 4 is 21.4 Å². The summed E-state index contributed by atoms with van der Waals surface area (Å²) in [5, 5.41) is 12.7. The number of aromatic nitrogens is 1. The lowest BCUT2D eigenvalue weighted by Crippen LogP contribution is -2.14. The minimum Gasteiger partial charge on any atom is -0.432 e. The molecule has 1 heterocycles. The summed E-state index contributed by atoms with van der Waals surface area (Å²) in [6, 6.07) is 9.02. The van der Waals surface area contributed by atoms with Crippen molar-refractivity contribution in [3.63, 3.8) is 0 Å². The van der Waals surface area contributed by atoms with Crippen molar-refractivity contribution in [1.29, 1.82) is 0 Å². The molecule has 0 radical (unpaired) electrons. The fourth-order valence-corrected chi connectivity index (χ4v) is 4.85. The molecule has 0 aliphatic rings. The van der Waals surface area contributed by atoms with Crippen LogP contribution in [-0.2, 0) is 16.3 Å². The van der Waals surface area contributed by atoms with Gasteiger partial charge in [0.2, 0.25) is 0 Å². The minimum absolute atomic E-state index is 0.0712. The highest BCUT2D eigenvalue weighted by atomic mass is 32.2. The van der Waals surface area contributed by atoms with E-state index >= 15 is 0 Å². The second-order valence-corrected chi connectivity index (χ2v) is 10.2. The van der Waals surface area contributed by atoms with Crippen LogP contribution in [0.3, 0.4) is 0 Å². The number of anilines is 1. The fourth-order valence-electron chi connectivity index (χ4n) is 3.89.